The van der Waals surface area contributed by atoms with Crippen LogP contribution in [0.5, 0.6) is 0 Å². The summed E-state index contributed by atoms with van der Waals surface area (Å²) in [6.07, 6.45) is 0. The number of nitrogen functional groups attached to an aromatic ring is 1. The van der Waals surface area contributed by atoms with Crippen molar-refractivity contribution in [1.82, 2.24) is 9.88 Å². The Morgan fingerprint density at radius 3 is 2.60 bits per heavy atom. The van der Waals surface area contributed by atoms with E-state index in [2.05, 4.69) is 24.1 Å². The van der Waals surface area contributed by atoms with Crippen LogP contribution in [0.2, 0.25) is 0 Å². The third-order valence-electron chi connectivity index (χ3n) is 2.52. The number of hydrogen-bond acceptors (Lipinski definition) is 6. The minimum absolute atomic E-state index is 0.124. The molecule has 1 heterocycles. The zero-order chi connectivity index (χ0) is 15.3. The van der Waals surface area contributed by atoms with Crippen molar-refractivity contribution in [2.75, 3.05) is 30.7 Å². The Balaban J connectivity index is 2.84. The SMILES string of the molecule is CCN(CC(N)=O)C(=O)c1sc(NCC(C)C)nc1N. The molecule has 112 valence electrons. The van der Waals surface area contributed by atoms with Gasteiger partial charge in [-0.05, 0) is 12.8 Å². The van der Waals surface area contributed by atoms with Gasteiger partial charge in [-0.2, -0.15) is 0 Å². The van der Waals surface area contributed by atoms with E-state index in [1.807, 2.05) is 0 Å². The number of nitrogens with two attached hydrogens (primary N) is 2. The molecular formula is C12H21N5O2S. The smallest absolute Gasteiger partial charge is 0.268 e. The zero-order valence-electron chi connectivity index (χ0n) is 12.0. The van der Waals surface area contributed by atoms with Crippen LogP contribution in [0.3, 0.4) is 0 Å². The van der Waals surface area contributed by atoms with Gasteiger partial charge in [0.05, 0.1) is 6.54 Å². The predicted molar refractivity (Wildman–Crippen MR) is 80.6 cm³/mol. The lowest BCUT2D eigenvalue weighted by molar-refractivity contribution is -0.118. The Labute approximate surface area is 122 Å². The maximum absolute atomic E-state index is 12.3. The third-order valence-corrected chi connectivity index (χ3v) is 3.54. The Morgan fingerprint density at radius 1 is 1.45 bits per heavy atom. The average Bonchev–Trinajstić information content (AvgIpc) is 2.73. The van der Waals surface area contributed by atoms with E-state index in [1.165, 1.54) is 16.2 Å². The Bertz CT molecular complexity index is 486. The minimum atomic E-state index is -0.554. The monoisotopic (exact) mass is 299 g/mol. The van der Waals surface area contributed by atoms with Crippen molar-refractivity contribution in [3.63, 3.8) is 0 Å². The first-order valence-corrected chi connectivity index (χ1v) is 7.24. The lowest BCUT2D eigenvalue weighted by Gasteiger charge is -2.17. The fourth-order valence-corrected chi connectivity index (χ4v) is 2.37. The van der Waals surface area contributed by atoms with E-state index in [4.69, 9.17) is 11.5 Å². The molecule has 0 aliphatic heterocycles. The summed E-state index contributed by atoms with van der Waals surface area (Å²) in [4.78, 5) is 29.0. The number of rotatable bonds is 7. The second kappa shape index (κ2) is 7.09. The summed E-state index contributed by atoms with van der Waals surface area (Å²) in [5.41, 5.74) is 10.9. The van der Waals surface area contributed by atoms with Gasteiger partial charge in [0, 0.05) is 13.1 Å². The molecule has 0 fully saturated rings. The first-order chi connectivity index (χ1) is 9.35. The van der Waals surface area contributed by atoms with Crippen LogP contribution in [0.1, 0.15) is 30.4 Å². The summed E-state index contributed by atoms with van der Waals surface area (Å²) in [5, 5.41) is 3.73. The average molecular weight is 299 g/mol. The Hall–Kier alpha value is -1.83. The molecule has 0 spiro atoms. The van der Waals surface area contributed by atoms with Crippen molar-refractivity contribution in [1.29, 1.82) is 0 Å². The summed E-state index contributed by atoms with van der Waals surface area (Å²) in [6, 6.07) is 0. The van der Waals surface area contributed by atoms with Crippen molar-refractivity contribution in [2.24, 2.45) is 11.7 Å². The van der Waals surface area contributed by atoms with E-state index < -0.39 is 5.91 Å². The van der Waals surface area contributed by atoms with Gasteiger partial charge in [0.1, 0.15) is 10.7 Å². The summed E-state index contributed by atoms with van der Waals surface area (Å²) >= 11 is 1.19. The van der Waals surface area contributed by atoms with Gasteiger partial charge in [-0.25, -0.2) is 4.98 Å². The molecule has 0 aliphatic rings. The van der Waals surface area contributed by atoms with E-state index in [-0.39, 0.29) is 18.3 Å². The second-order valence-electron chi connectivity index (χ2n) is 4.79. The van der Waals surface area contributed by atoms with Crippen molar-refractivity contribution < 1.29 is 9.59 Å². The van der Waals surface area contributed by atoms with E-state index in [0.29, 0.717) is 22.5 Å². The molecule has 0 aromatic carbocycles. The van der Waals surface area contributed by atoms with Crippen LogP contribution in [0.4, 0.5) is 10.9 Å². The molecule has 5 N–H and O–H groups in total. The number of nitrogens with zero attached hydrogens (tertiary/aromatic N) is 2. The molecule has 7 nitrogen and oxygen atoms in total. The van der Waals surface area contributed by atoms with Gasteiger partial charge < -0.3 is 21.7 Å². The lowest BCUT2D eigenvalue weighted by atomic mass is 10.2. The number of carbonyl (C=O) groups is 2. The van der Waals surface area contributed by atoms with Gasteiger partial charge in [0.2, 0.25) is 5.91 Å². The summed E-state index contributed by atoms with van der Waals surface area (Å²) < 4.78 is 0. The molecule has 1 aromatic rings. The predicted octanol–water partition coefficient (Wildman–Crippen LogP) is 0.741. The molecular weight excluding hydrogens is 278 g/mol. The first-order valence-electron chi connectivity index (χ1n) is 6.42. The Kier molecular flexibility index (Phi) is 5.75. The van der Waals surface area contributed by atoms with E-state index >= 15 is 0 Å². The molecule has 0 radical (unpaired) electrons. The van der Waals surface area contributed by atoms with E-state index in [1.54, 1.807) is 6.92 Å². The topological polar surface area (TPSA) is 114 Å². The van der Waals surface area contributed by atoms with Crippen molar-refractivity contribution >= 4 is 34.1 Å². The van der Waals surface area contributed by atoms with Gasteiger partial charge >= 0.3 is 0 Å². The normalized spacial score (nSPS) is 10.6. The second-order valence-corrected chi connectivity index (χ2v) is 5.79. The molecule has 0 saturated carbocycles. The molecule has 0 atom stereocenters. The summed E-state index contributed by atoms with van der Waals surface area (Å²) in [6.45, 7) is 6.92. The highest BCUT2D eigenvalue weighted by Crippen LogP contribution is 2.26. The number of likely N-dealkylation sites (N-methyl/N-ethyl adjacent to an activating group) is 1. The summed E-state index contributed by atoms with van der Waals surface area (Å²) in [7, 11) is 0. The molecule has 0 saturated heterocycles. The maximum Gasteiger partial charge on any atom is 0.268 e. The number of thiazole rings is 1. The fraction of sp³-hybridized carbons (Fsp3) is 0.583. The number of amides is 2. The van der Waals surface area contributed by atoms with Crippen LogP contribution in [-0.4, -0.2) is 41.3 Å². The van der Waals surface area contributed by atoms with Gasteiger partial charge in [-0.15, -0.1) is 0 Å². The highest BCUT2D eigenvalue weighted by Gasteiger charge is 2.22. The first kappa shape index (κ1) is 16.2. The molecule has 0 bridgehead atoms. The van der Waals surface area contributed by atoms with E-state index in [0.717, 1.165) is 6.54 Å². The number of hydrogen-bond donors (Lipinski definition) is 3. The van der Waals surface area contributed by atoms with Crippen molar-refractivity contribution in [2.45, 2.75) is 20.8 Å². The third kappa shape index (κ3) is 4.37. The molecule has 1 aromatic heterocycles. The van der Waals surface area contributed by atoms with Crippen LogP contribution in [0, 0.1) is 5.92 Å². The highest BCUT2D eigenvalue weighted by atomic mass is 32.1. The maximum atomic E-state index is 12.3. The number of primary amides is 1. The van der Waals surface area contributed by atoms with Crippen LogP contribution in [-0.2, 0) is 4.79 Å². The standard InChI is InChI=1S/C12H21N5O2S/c1-4-17(6-8(13)18)11(19)9-10(14)16-12(20-9)15-5-7(2)3/h7H,4-6,14H2,1-3H3,(H2,13,18)(H,15,16). The van der Waals surface area contributed by atoms with Crippen molar-refractivity contribution in [3.8, 4) is 0 Å². The quantitative estimate of drug-likeness (QED) is 0.687. The minimum Gasteiger partial charge on any atom is -0.382 e. The number of anilines is 2. The number of nitrogens with one attached hydrogen (secondary N) is 1. The molecule has 2 amide bonds. The molecule has 1 rings (SSSR count). The summed E-state index contributed by atoms with van der Waals surface area (Å²) in [5.74, 6) is -0.240. The molecule has 0 unspecified atom stereocenters. The lowest BCUT2D eigenvalue weighted by Crippen LogP contribution is -2.38. The van der Waals surface area contributed by atoms with Gasteiger partial charge in [0.25, 0.3) is 5.91 Å². The molecule has 0 aliphatic carbocycles. The van der Waals surface area contributed by atoms with Gasteiger partial charge in [-0.1, -0.05) is 25.2 Å². The van der Waals surface area contributed by atoms with E-state index in [9.17, 15) is 9.59 Å². The number of aromatic nitrogens is 1. The zero-order valence-corrected chi connectivity index (χ0v) is 12.8. The van der Waals surface area contributed by atoms with Crippen LogP contribution >= 0.6 is 11.3 Å². The number of carbonyl (C=O) groups excluding carboxylic acids is 2. The van der Waals surface area contributed by atoms with Crippen LogP contribution in [0.25, 0.3) is 0 Å². The van der Waals surface area contributed by atoms with Crippen molar-refractivity contribution in [3.05, 3.63) is 4.88 Å². The van der Waals surface area contributed by atoms with Gasteiger partial charge in [0.15, 0.2) is 5.13 Å². The Morgan fingerprint density at radius 2 is 2.10 bits per heavy atom. The van der Waals surface area contributed by atoms with Crippen LogP contribution in [0.15, 0.2) is 0 Å². The fourth-order valence-electron chi connectivity index (χ4n) is 1.51. The largest absolute Gasteiger partial charge is 0.382 e. The van der Waals surface area contributed by atoms with Crippen LogP contribution < -0.4 is 16.8 Å². The molecule has 20 heavy (non-hydrogen) atoms. The van der Waals surface area contributed by atoms with Gasteiger partial charge in [-0.3, -0.25) is 9.59 Å². The highest BCUT2D eigenvalue weighted by molar-refractivity contribution is 7.18. The molecule has 8 heteroatoms.